The van der Waals surface area contributed by atoms with Gasteiger partial charge in [0, 0.05) is 12.4 Å². The van der Waals surface area contributed by atoms with E-state index >= 15 is 0 Å². The third kappa shape index (κ3) is 1.01. The van der Waals surface area contributed by atoms with Gasteiger partial charge in [0.2, 0.25) is 0 Å². The summed E-state index contributed by atoms with van der Waals surface area (Å²) in [7, 11) is 0. The van der Waals surface area contributed by atoms with Crippen molar-refractivity contribution in [3.63, 3.8) is 0 Å². The number of hydrogen-bond acceptors (Lipinski definition) is 2. The van der Waals surface area contributed by atoms with Crippen molar-refractivity contribution in [3.8, 4) is 5.82 Å². The molecule has 0 amide bonds. The van der Waals surface area contributed by atoms with Crippen LogP contribution in [-0.4, -0.2) is 19.5 Å². The number of imidazole rings is 1. The van der Waals surface area contributed by atoms with Gasteiger partial charge in [-0.25, -0.2) is 9.97 Å². The normalized spacial score (nSPS) is 10.9. The maximum absolute atomic E-state index is 4.44. The van der Waals surface area contributed by atoms with Gasteiger partial charge in [0.25, 0.3) is 0 Å². The molecule has 3 aromatic heterocycles. The number of pyridine rings is 1. The topological polar surface area (TPSA) is 46.5 Å². The van der Waals surface area contributed by atoms with Crippen molar-refractivity contribution in [3.05, 3.63) is 43.1 Å². The summed E-state index contributed by atoms with van der Waals surface area (Å²) in [6.07, 6.45) is 8.22. The molecule has 3 rings (SSSR count). The Balaban J connectivity index is 2.23. The van der Waals surface area contributed by atoms with E-state index in [1.807, 2.05) is 29.0 Å². The van der Waals surface area contributed by atoms with Gasteiger partial charge in [0.05, 0.1) is 17.2 Å². The van der Waals surface area contributed by atoms with Gasteiger partial charge in [-0.3, -0.25) is 4.57 Å². The number of H-pyrrole nitrogens is 1. The number of aromatic nitrogens is 4. The van der Waals surface area contributed by atoms with Gasteiger partial charge in [0.15, 0.2) is 0 Å². The Bertz CT molecular complexity index is 550. The van der Waals surface area contributed by atoms with E-state index in [0.29, 0.717) is 0 Å². The molecule has 1 N–H and O–H groups in total. The van der Waals surface area contributed by atoms with E-state index < -0.39 is 0 Å². The van der Waals surface area contributed by atoms with Gasteiger partial charge in [-0.1, -0.05) is 0 Å². The van der Waals surface area contributed by atoms with Crippen LogP contribution in [0.25, 0.3) is 16.9 Å². The van der Waals surface area contributed by atoms with Crippen molar-refractivity contribution < 1.29 is 0 Å². The Kier molecular flexibility index (Phi) is 1.41. The predicted octanol–water partition coefficient (Wildman–Crippen LogP) is 1.55. The molecule has 0 fully saturated rings. The van der Waals surface area contributed by atoms with Crippen molar-refractivity contribution in [2.75, 3.05) is 0 Å². The smallest absolute Gasteiger partial charge is 0.138 e. The first-order chi connectivity index (χ1) is 6.93. The molecule has 0 saturated heterocycles. The predicted molar refractivity (Wildman–Crippen MR) is 52.1 cm³/mol. The van der Waals surface area contributed by atoms with E-state index in [1.165, 1.54) is 0 Å². The highest BCUT2D eigenvalue weighted by atomic mass is 15.1. The summed E-state index contributed by atoms with van der Waals surface area (Å²) in [4.78, 5) is 11.4. The monoisotopic (exact) mass is 183 g/mol. The molecular formula is C10H7N4. The number of fused-ring (bicyclic) bond motifs is 1. The number of hydrogen-bond donors (Lipinski definition) is 1. The van der Waals surface area contributed by atoms with Crippen LogP contribution in [0.3, 0.4) is 0 Å². The van der Waals surface area contributed by atoms with E-state index in [0.717, 1.165) is 16.9 Å². The standard InChI is InChI=1S/C10H7N4/c1-2-10(14-6-5-11-7-14)13-9-3-4-12-8(1)9/h1-3,5-7,12H. The number of rotatable bonds is 1. The summed E-state index contributed by atoms with van der Waals surface area (Å²) >= 11 is 0. The molecule has 14 heavy (non-hydrogen) atoms. The van der Waals surface area contributed by atoms with Gasteiger partial charge < -0.3 is 4.98 Å². The third-order valence-corrected chi connectivity index (χ3v) is 2.09. The van der Waals surface area contributed by atoms with Crippen LogP contribution in [0.5, 0.6) is 0 Å². The van der Waals surface area contributed by atoms with Crippen molar-refractivity contribution in [2.45, 2.75) is 0 Å². The lowest BCUT2D eigenvalue weighted by Crippen LogP contribution is -1.93. The molecule has 0 unspecified atom stereocenters. The minimum Gasteiger partial charge on any atom is -0.352 e. The summed E-state index contributed by atoms with van der Waals surface area (Å²) in [6, 6.07) is 5.75. The zero-order valence-electron chi connectivity index (χ0n) is 7.31. The number of nitrogens with one attached hydrogen (secondary N) is 1. The Morgan fingerprint density at radius 2 is 2.36 bits per heavy atom. The Labute approximate surface area is 80.2 Å². The van der Waals surface area contributed by atoms with Crippen LogP contribution >= 0.6 is 0 Å². The van der Waals surface area contributed by atoms with Gasteiger partial charge in [-0.05, 0) is 18.2 Å². The fourth-order valence-corrected chi connectivity index (χ4v) is 1.40. The zero-order chi connectivity index (χ0) is 9.38. The van der Waals surface area contributed by atoms with Crippen molar-refractivity contribution in [1.29, 1.82) is 0 Å². The van der Waals surface area contributed by atoms with Crippen LogP contribution in [0, 0.1) is 6.20 Å². The SMILES string of the molecule is [c]1cc2nc(-n3ccnc3)ccc2[nH]1. The molecule has 4 nitrogen and oxygen atoms in total. The van der Waals surface area contributed by atoms with Crippen LogP contribution in [0.2, 0.25) is 0 Å². The highest BCUT2D eigenvalue weighted by molar-refractivity contribution is 5.75. The summed E-state index contributed by atoms with van der Waals surface area (Å²) in [5.74, 6) is 0.864. The first-order valence-electron chi connectivity index (χ1n) is 4.27. The lowest BCUT2D eigenvalue weighted by atomic mass is 10.4. The van der Waals surface area contributed by atoms with Gasteiger partial charge in [-0.15, -0.1) is 0 Å². The number of aromatic amines is 1. The van der Waals surface area contributed by atoms with Crippen LogP contribution in [0.1, 0.15) is 0 Å². The zero-order valence-corrected chi connectivity index (χ0v) is 7.31. The van der Waals surface area contributed by atoms with Crippen LogP contribution in [-0.2, 0) is 0 Å². The Morgan fingerprint density at radius 1 is 1.36 bits per heavy atom. The van der Waals surface area contributed by atoms with Gasteiger partial charge >= 0.3 is 0 Å². The fraction of sp³-hybridized carbons (Fsp3) is 0. The molecule has 0 spiro atoms. The molecule has 4 heteroatoms. The fourth-order valence-electron chi connectivity index (χ4n) is 1.40. The maximum atomic E-state index is 4.44. The summed E-state index contributed by atoms with van der Waals surface area (Å²) in [5.41, 5.74) is 1.91. The molecule has 0 aliphatic rings. The van der Waals surface area contributed by atoms with Crippen molar-refractivity contribution >= 4 is 11.0 Å². The third-order valence-electron chi connectivity index (χ3n) is 2.09. The second-order valence-corrected chi connectivity index (χ2v) is 2.99. The van der Waals surface area contributed by atoms with Gasteiger partial charge in [-0.2, -0.15) is 0 Å². The van der Waals surface area contributed by atoms with E-state index in [4.69, 9.17) is 0 Å². The lowest BCUT2D eigenvalue weighted by Gasteiger charge is -1.99. The minimum absolute atomic E-state index is 0.864. The molecule has 1 radical (unpaired) electrons. The molecule has 3 heterocycles. The molecule has 0 aliphatic heterocycles. The van der Waals surface area contributed by atoms with Crippen molar-refractivity contribution in [2.24, 2.45) is 0 Å². The van der Waals surface area contributed by atoms with E-state index in [9.17, 15) is 0 Å². The van der Waals surface area contributed by atoms with Gasteiger partial charge in [0.1, 0.15) is 12.1 Å². The molecule has 0 saturated carbocycles. The molecule has 3 aromatic rings. The van der Waals surface area contributed by atoms with Crippen molar-refractivity contribution in [1.82, 2.24) is 19.5 Å². The second kappa shape index (κ2) is 2.70. The first-order valence-corrected chi connectivity index (χ1v) is 4.27. The Hall–Kier alpha value is -2.10. The quantitative estimate of drug-likeness (QED) is 0.622. The minimum atomic E-state index is 0.864. The molecule has 0 aromatic carbocycles. The Morgan fingerprint density at radius 3 is 3.21 bits per heavy atom. The van der Waals surface area contributed by atoms with Crippen LogP contribution in [0.15, 0.2) is 36.9 Å². The summed E-state index contributed by atoms with van der Waals surface area (Å²) < 4.78 is 1.87. The largest absolute Gasteiger partial charge is 0.352 e. The van der Waals surface area contributed by atoms with E-state index in [1.54, 1.807) is 12.5 Å². The van der Waals surface area contributed by atoms with E-state index in [-0.39, 0.29) is 0 Å². The summed E-state index contributed by atoms with van der Waals surface area (Å²) in [6.45, 7) is 0. The highest BCUT2D eigenvalue weighted by Crippen LogP contribution is 2.12. The summed E-state index contributed by atoms with van der Waals surface area (Å²) in [5, 5.41) is 0. The average Bonchev–Trinajstić information content (AvgIpc) is 2.88. The average molecular weight is 183 g/mol. The molecule has 0 aliphatic carbocycles. The molecule has 0 bridgehead atoms. The van der Waals surface area contributed by atoms with Crippen LogP contribution < -0.4 is 0 Å². The van der Waals surface area contributed by atoms with Crippen LogP contribution in [0.4, 0.5) is 0 Å². The molecule has 67 valence electrons. The first kappa shape index (κ1) is 7.32. The number of nitrogens with zero attached hydrogens (tertiary/aromatic N) is 3. The second-order valence-electron chi connectivity index (χ2n) is 2.99. The maximum Gasteiger partial charge on any atom is 0.138 e. The molecular weight excluding hydrogens is 176 g/mol. The molecule has 0 atom stereocenters. The van der Waals surface area contributed by atoms with E-state index in [2.05, 4.69) is 21.1 Å². The highest BCUT2D eigenvalue weighted by Gasteiger charge is 1.99. The lowest BCUT2D eigenvalue weighted by molar-refractivity contribution is 1.01.